The molecule has 0 saturated carbocycles. The van der Waals surface area contributed by atoms with Gasteiger partial charge in [0, 0.05) is 24.2 Å². The SMILES string of the molecule is O=C(c1ccc(C(F)(F)F)cc1)c1cccc2c1CCN(C(=O)Cc1cocn1)C2. The molecule has 154 valence electrons. The molecular weight excluding hydrogens is 397 g/mol. The first kappa shape index (κ1) is 19.9. The third-order valence-electron chi connectivity index (χ3n) is 5.15. The first-order chi connectivity index (χ1) is 14.3. The van der Waals surface area contributed by atoms with E-state index in [1.54, 1.807) is 17.0 Å². The monoisotopic (exact) mass is 414 g/mol. The summed E-state index contributed by atoms with van der Waals surface area (Å²) in [5.74, 6) is -0.419. The van der Waals surface area contributed by atoms with Crippen molar-refractivity contribution in [1.29, 1.82) is 0 Å². The van der Waals surface area contributed by atoms with Gasteiger partial charge in [0.15, 0.2) is 12.2 Å². The fraction of sp³-hybridized carbons (Fsp3) is 0.227. The van der Waals surface area contributed by atoms with Gasteiger partial charge in [0.1, 0.15) is 6.26 Å². The van der Waals surface area contributed by atoms with Gasteiger partial charge < -0.3 is 9.32 Å². The summed E-state index contributed by atoms with van der Waals surface area (Å²) in [5, 5.41) is 0. The number of carbonyl (C=O) groups is 2. The van der Waals surface area contributed by atoms with E-state index in [1.165, 1.54) is 24.8 Å². The standard InChI is InChI=1S/C22H17F3N2O3/c23-22(24,25)16-6-4-14(5-7-16)21(29)19-3-1-2-15-11-27(9-8-18(15)19)20(28)10-17-12-30-13-26-17/h1-7,12-13H,8-11H2. The number of ketones is 1. The van der Waals surface area contributed by atoms with Crippen LogP contribution in [0.25, 0.3) is 0 Å². The van der Waals surface area contributed by atoms with Crippen molar-refractivity contribution in [2.45, 2.75) is 25.6 Å². The molecule has 5 nitrogen and oxygen atoms in total. The summed E-state index contributed by atoms with van der Waals surface area (Å²) in [6.07, 6.45) is -1.13. The Balaban J connectivity index is 1.53. The first-order valence-electron chi connectivity index (χ1n) is 9.30. The van der Waals surface area contributed by atoms with Gasteiger partial charge in [-0.05, 0) is 29.7 Å². The number of fused-ring (bicyclic) bond motifs is 1. The van der Waals surface area contributed by atoms with E-state index in [9.17, 15) is 22.8 Å². The van der Waals surface area contributed by atoms with Gasteiger partial charge in [0.25, 0.3) is 0 Å². The van der Waals surface area contributed by atoms with E-state index in [0.717, 1.165) is 23.3 Å². The lowest BCUT2D eigenvalue weighted by Crippen LogP contribution is -2.37. The van der Waals surface area contributed by atoms with E-state index in [0.29, 0.717) is 30.8 Å². The van der Waals surface area contributed by atoms with Gasteiger partial charge in [0.2, 0.25) is 5.91 Å². The number of amides is 1. The zero-order valence-electron chi connectivity index (χ0n) is 15.8. The molecule has 4 rings (SSSR count). The molecule has 0 N–H and O–H groups in total. The minimum Gasteiger partial charge on any atom is -0.451 e. The van der Waals surface area contributed by atoms with Gasteiger partial charge >= 0.3 is 6.18 Å². The number of aromatic nitrogens is 1. The number of halogens is 3. The number of hydrogen-bond donors (Lipinski definition) is 0. The van der Waals surface area contributed by atoms with Crippen LogP contribution in [0.2, 0.25) is 0 Å². The maximum Gasteiger partial charge on any atom is 0.416 e. The van der Waals surface area contributed by atoms with Crippen LogP contribution in [0, 0.1) is 0 Å². The number of benzene rings is 2. The maximum absolute atomic E-state index is 12.9. The summed E-state index contributed by atoms with van der Waals surface area (Å²) in [7, 11) is 0. The molecule has 3 aromatic rings. The van der Waals surface area contributed by atoms with E-state index in [-0.39, 0.29) is 23.7 Å². The molecule has 1 aliphatic rings. The second-order valence-corrected chi connectivity index (χ2v) is 7.07. The molecule has 0 fully saturated rings. The van der Waals surface area contributed by atoms with E-state index in [2.05, 4.69) is 4.98 Å². The van der Waals surface area contributed by atoms with Crippen LogP contribution in [-0.4, -0.2) is 28.1 Å². The van der Waals surface area contributed by atoms with Gasteiger partial charge in [-0.25, -0.2) is 4.98 Å². The number of nitrogens with zero attached hydrogens (tertiary/aromatic N) is 2. The molecular formula is C22H17F3N2O3. The zero-order chi connectivity index (χ0) is 21.3. The van der Waals surface area contributed by atoms with Crippen molar-refractivity contribution >= 4 is 11.7 Å². The van der Waals surface area contributed by atoms with E-state index in [4.69, 9.17) is 4.42 Å². The molecule has 1 amide bonds. The number of carbonyl (C=O) groups excluding carboxylic acids is 2. The van der Waals surface area contributed by atoms with Crippen LogP contribution >= 0.6 is 0 Å². The molecule has 1 aromatic heterocycles. The van der Waals surface area contributed by atoms with Gasteiger partial charge in [0.05, 0.1) is 17.7 Å². The Hall–Kier alpha value is -3.42. The Kier molecular flexibility index (Phi) is 5.15. The summed E-state index contributed by atoms with van der Waals surface area (Å²) in [6.45, 7) is 0.807. The largest absolute Gasteiger partial charge is 0.451 e. The van der Waals surface area contributed by atoms with E-state index < -0.39 is 11.7 Å². The smallest absolute Gasteiger partial charge is 0.416 e. The first-order valence-corrected chi connectivity index (χ1v) is 9.30. The summed E-state index contributed by atoms with van der Waals surface area (Å²) in [5.41, 5.74) is 2.09. The van der Waals surface area contributed by atoms with Gasteiger partial charge in [-0.3, -0.25) is 9.59 Å². The third-order valence-corrected chi connectivity index (χ3v) is 5.15. The van der Waals surface area contributed by atoms with Crippen molar-refractivity contribution in [3.05, 3.63) is 88.6 Å². The quantitative estimate of drug-likeness (QED) is 0.605. The molecule has 8 heteroatoms. The van der Waals surface area contributed by atoms with Gasteiger partial charge in [-0.2, -0.15) is 13.2 Å². The maximum atomic E-state index is 12.9. The van der Waals surface area contributed by atoms with Crippen molar-refractivity contribution in [3.8, 4) is 0 Å². The van der Waals surface area contributed by atoms with Crippen molar-refractivity contribution in [3.63, 3.8) is 0 Å². The predicted molar refractivity (Wildman–Crippen MR) is 101 cm³/mol. The molecule has 2 heterocycles. The van der Waals surface area contributed by atoms with Gasteiger partial charge in [-0.15, -0.1) is 0 Å². The van der Waals surface area contributed by atoms with Crippen molar-refractivity contribution < 1.29 is 27.2 Å². The lowest BCUT2D eigenvalue weighted by atomic mass is 9.90. The molecule has 0 spiro atoms. The topological polar surface area (TPSA) is 63.4 Å². The number of hydrogen-bond acceptors (Lipinski definition) is 4. The fourth-order valence-corrected chi connectivity index (χ4v) is 3.59. The van der Waals surface area contributed by atoms with Crippen LogP contribution in [0.1, 0.15) is 38.3 Å². The van der Waals surface area contributed by atoms with E-state index >= 15 is 0 Å². The second kappa shape index (κ2) is 7.78. The highest BCUT2D eigenvalue weighted by Gasteiger charge is 2.30. The van der Waals surface area contributed by atoms with Crippen LogP contribution in [0.4, 0.5) is 13.2 Å². The Morgan fingerprint density at radius 2 is 1.87 bits per heavy atom. The normalized spacial score (nSPS) is 13.8. The van der Waals surface area contributed by atoms with Gasteiger partial charge in [-0.1, -0.05) is 30.3 Å². The van der Waals surface area contributed by atoms with Crippen LogP contribution in [-0.2, 0) is 30.4 Å². The molecule has 2 aromatic carbocycles. The molecule has 1 aliphatic heterocycles. The highest BCUT2D eigenvalue weighted by Crippen LogP contribution is 2.30. The van der Waals surface area contributed by atoms with Crippen LogP contribution < -0.4 is 0 Å². The molecule has 0 aliphatic carbocycles. The Bertz CT molecular complexity index is 1070. The summed E-state index contributed by atoms with van der Waals surface area (Å²) in [4.78, 5) is 31.1. The second-order valence-electron chi connectivity index (χ2n) is 7.07. The average Bonchev–Trinajstić information content (AvgIpc) is 3.25. The Labute approximate surface area is 170 Å². The lowest BCUT2D eigenvalue weighted by Gasteiger charge is -2.30. The summed E-state index contributed by atoms with van der Waals surface area (Å²) in [6, 6.07) is 9.46. The summed E-state index contributed by atoms with van der Waals surface area (Å²) < 4.78 is 43.2. The van der Waals surface area contributed by atoms with Crippen molar-refractivity contribution in [2.75, 3.05) is 6.54 Å². The average molecular weight is 414 g/mol. The number of oxazole rings is 1. The highest BCUT2D eigenvalue weighted by atomic mass is 19.4. The molecule has 0 atom stereocenters. The Morgan fingerprint density at radius 3 is 2.53 bits per heavy atom. The minimum atomic E-state index is -4.45. The molecule has 0 bridgehead atoms. The molecule has 0 radical (unpaired) electrons. The number of alkyl halides is 3. The summed E-state index contributed by atoms with van der Waals surface area (Å²) >= 11 is 0. The lowest BCUT2D eigenvalue weighted by molar-refractivity contribution is -0.137. The van der Waals surface area contributed by atoms with E-state index in [1.807, 2.05) is 6.07 Å². The minimum absolute atomic E-state index is 0.0889. The molecule has 0 saturated heterocycles. The van der Waals surface area contributed by atoms with Crippen molar-refractivity contribution in [2.24, 2.45) is 0 Å². The zero-order valence-corrected chi connectivity index (χ0v) is 15.8. The Morgan fingerprint density at radius 1 is 1.10 bits per heavy atom. The predicted octanol–water partition coefficient (Wildman–Crippen LogP) is 4.05. The van der Waals surface area contributed by atoms with Crippen molar-refractivity contribution in [1.82, 2.24) is 9.88 Å². The van der Waals surface area contributed by atoms with Crippen LogP contribution in [0.5, 0.6) is 0 Å². The highest BCUT2D eigenvalue weighted by molar-refractivity contribution is 6.10. The van der Waals surface area contributed by atoms with Crippen LogP contribution in [0.3, 0.4) is 0 Å². The molecule has 0 unspecified atom stereocenters. The van der Waals surface area contributed by atoms with Crippen LogP contribution in [0.15, 0.2) is 59.5 Å². The third kappa shape index (κ3) is 3.98. The number of rotatable bonds is 4. The fourth-order valence-electron chi connectivity index (χ4n) is 3.59. The molecule has 30 heavy (non-hydrogen) atoms.